The van der Waals surface area contributed by atoms with E-state index < -0.39 is 16.1 Å². The molecule has 150 valence electrons. The lowest BCUT2D eigenvalue weighted by Gasteiger charge is -2.29. The number of carbonyl (C=O) groups is 1. The van der Waals surface area contributed by atoms with E-state index in [1.165, 1.54) is 24.3 Å². The molecule has 1 N–H and O–H groups in total. The number of morpholine rings is 1. The van der Waals surface area contributed by atoms with Gasteiger partial charge in [-0.3, -0.25) is 9.52 Å². The molecule has 3 rings (SSSR count). The number of amides is 1. The van der Waals surface area contributed by atoms with Crippen molar-refractivity contribution in [2.45, 2.75) is 17.9 Å². The summed E-state index contributed by atoms with van der Waals surface area (Å²) < 4.78 is 39.2. The van der Waals surface area contributed by atoms with Crippen LogP contribution in [0.2, 0.25) is 0 Å². The van der Waals surface area contributed by atoms with Crippen molar-refractivity contribution in [2.75, 3.05) is 31.0 Å². The van der Waals surface area contributed by atoms with Gasteiger partial charge in [0.15, 0.2) is 6.10 Å². The van der Waals surface area contributed by atoms with Gasteiger partial charge in [0, 0.05) is 17.6 Å². The molecule has 0 bridgehead atoms. The fourth-order valence-corrected chi connectivity index (χ4v) is 4.34. The van der Waals surface area contributed by atoms with E-state index in [0.29, 0.717) is 42.2 Å². The number of benzene rings is 2. The summed E-state index contributed by atoms with van der Waals surface area (Å²) in [6, 6.07) is 12.9. The SMILES string of the molecule is C[C@@H](Oc1ccc(S(=O)(=O)Nc2ccccc2Br)cc1)C(=O)N1CCOCC1. The average molecular weight is 469 g/mol. The van der Waals surface area contributed by atoms with Crippen molar-refractivity contribution in [3.05, 3.63) is 53.0 Å². The zero-order valence-electron chi connectivity index (χ0n) is 15.3. The molecule has 1 aliphatic heterocycles. The zero-order chi connectivity index (χ0) is 20.1. The summed E-state index contributed by atoms with van der Waals surface area (Å²) >= 11 is 3.32. The molecule has 2 aromatic carbocycles. The zero-order valence-corrected chi connectivity index (χ0v) is 17.7. The molecule has 9 heteroatoms. The maximum Gasteiger partial charge on any atom is 0.263 e. The monoisotopic (exact) mass is 468 g/mol. The molecule has 1 saturated heterocycles. The van der Waals surface area contributed by atoms with Gasteiger partial charge in [0.2, 0.25) is 0 Å². The van der Waals surface area contributed by atoms with Gasteiger partial charge in [-0.05, 0) is 59.3 Å². The van der Waals surface area contributed by atoms with Gasteiger partial charge in [0.1, 0.15) is 5.75 Å². The van der Waals surface area contributed by atoms with E-state index in [2.05, 4.69) is 20.7 Å². The fraction of sp³-hybridized carbons (Fsp3) is 0.316. The van der Waals surface area contributed by atoms with Crippen LogP contribution in [0.1, 0.15) is 6.92 Å². The van der Waals surface area contributed by atoms with Gasteiger partial charge >= 0.3 is 0 Å². The predicted molar refractivity (Wildman–Crippen MR) is 109 cm³/mol. The molecule has 1 atom stereocenters. The maximum absolute atomic E-state index is 12.6. The third kappa shape index (κ3) is 5.03. The van der Waals surface area contributed by atoms with Crippen molar-refractivity contribution in [3.8, 4) is 5.75 Å². The lowest BCUT2D eigenvalue weighted by Crippen LogP contribution is -2.46. The summed E-state index contributed by atoms with van der Waals surface area (Å²) in [4.78, 5) is 14.2. The molecule has 0 aliphatic carbocycles. The maximum atomic E-state index is 12.6. The summed E-state index contributed by atoms with van der Waals surface area (Å²) in [7, 11) is -3.74. The number of anilines is 1. The van der Waals surface area contributed by atoms with Crippen LogP contribution in [0.3, 0.4) is 0 Å². The van der Waals surface area contributed by atoms with Crippen molar-refractivity contribution < 1.29 is 22.7 Å². The molecular weight excluding hydrogens is 448 g/mol. The topological polar surface area (TPSA) is 84.9 Å². The Labute approximate surface area is 172 Å². The Balaban J connectivity index is 1.65. The molecule has 1 heterocycles. The Hall–Kier alpha value is -2.10. The van der Waals surface area contributed by atoms with Crippen LogP contribution in [-0.2, 0) is 19.6 Å². The second-order valence-corrected chi connectivity index (χ2v) is 8.79. The van der Waals surface area contributed by atoms with Gasteiger partial charge in [0.25, 0.3) is 15.9 Å². The van der Waals surface area contributed by atoms with E-state index in [9.17, 15) is 13.2 Å². The minimum atomic E-state index is -3.74. The first kappa shape index (κ1) is 20.6. The Bertz CT molecular complexity index is 928. The van der Waals surface area contributed by atoms with Crippen LogP contribution in [0, 0.1) is 0 Å². The number of hydrogen-bond acceptors (Lipinski definition) is 5. The predicted octanol–water partition coefficient (Wildman–Crippen LogP) is 2.88. The van der Waals surface area contributed by atoms with E-state index in [1.807, 2.05) is 0 Å². The summed E-state index contributed by atoms with van der Waals surface area (Å²) in [5, 5.41) is 0. The highest BCUT2D eigenvalue weighted by molar-refractivity contribution is 9.10. The van der Waals surface area contributed by atoms with Crippen molar-refractivity contribution in [1.82, 2.24) is 4.90 Å². The van der Waals surface area contributed by atoms with Crippen LogP contribution in [-0.4, -0.2) is 51.6 Å². The number of sulfonamides is 1. The normalized spacial score (nSPS) is 15.7. The highest BCUT2D eigenvalue weighted by atomic mass is 79.9. The summed E-state index contributed by atoms with van der Waals surface area (Å²) in [5.74, 6) is 0.310. The fourth-order valence-electron chi connectivity index (χ4n) is 2.74. The summed E-state index contributed by atoms with van der Waals surface area (Å²) in [5.41, 5.74) is 0.451. The Morgan fingerprint density at radius 1 is 1.14 bits per heavy atom. The molecule has 0 radical (unpaired) electrons. The van der Waals surface area contributed by atoms with E-state index in [-0.39, 0.29) is 10.8 Å². The van der Waals surface area contributed by atoms with Crippen molar-refractivity contribution in [1.29, 1.82) is 0 Å². The van der Waals surface area contributed by atoms with Gasteiger partial charge in [0.05, 0.1) is 23.8 Å². The molecule has 28 heavy (non-hydrogen) atoms. The highest BCUT2D eigenvalue weighted by Crippen LogP contribution is 2.25. The van der Waals surface area contributed by atoms with Crippen molar-refractivity contribution >= 4 is 37.5 Å². The molecule has 1 amide bonds. The number of hydrogen-bond donors (Lipinski definition) is 1. The molecule has 0 spiro atoms. The second-order valence-electron chi connectivity index (χ2n) is 6.25. The van der Waals surface area contributed by atoms with E-state index >= 15 is 0 Å². The average Bonchev–Trinajstić information content (AvgIpc) is 2.70. The van der Waals surface area contributed by atoms with Crippen molar-refractivity contribution in [2.24, 2.45) is 0 Å². The van der Waals surface area contributed by atoms with Gasteiger partial charge in [-0.1, -0.05) is 12.1 Å². The van der Waals surface area contributed by atoms with Crippen LogP contribution >= 0.6 is 15.9 Å². The van der Waals surface area contributed by atoms with E-state index in [4.69, 9.17) is 9.47 Å². The van der Waals surface area contributed by atoms with Gasteiger partial charge in [-0.25, -0.2) is 8.42 Å². The number of nitrogens with zero attached hydrogens (tertiary/aromatic N) is 1. The number of ether oxygens (including phenoxy) is 2. The Kier molecular flexibility index (Phi) is 6.58. The molecule has 0 aromatic heterocycles. The minimum absolute atomic E-state index is 0.0998. The third-order valence-corrected chi connectivity index (χ3v) is 6.31. The quantitative estimate of drug-likeness (QED) is 0.704. The summed E-state index contributed by atoms with van der Waals surface area (Å²) in [6.07, 6.45) is -0.668. The van der Waals surface area contributed by atoms with Crippen LogP contribution in [0.15, 0.2) is 57.9 Å². The molecule has 1 aliphatic rings. The van der Waals surface area contributed by atoms with Crippen LogP contribution in [0.5, 0.6) is 5.75 Å². The first-order valence-corrected chi connectivity index (χ1v) is 11.0. The Morgan fingerprint density at radius 2 is 1.79 bits per heavy atom. The van der Waals surface area contributed by atoms with Gasteiger partial charge in [-0.2, -0.15) is 0 Å². The molecule has 0 saturated carbocycles. The van der Waals surface area contributed by atoms with Crippen molar-refractivity contribution in [3.63, 3.8) is 0 Å². The highest BCUT2D eigenvalue weighted by Gasteiger charge is 2.24. The number of carbonyl (C=O) groups excluding carboxylic acids is 1. The standard InChI is InChI=1S/C19H21BrN2O5S/c1-14(19(23)22-10-12-26-13-11-22)27-15-6-8-16(9-7-15)28(24,25)21-18-5-3-2-4-17(18)20/h2-9,14,21H,10-13H2,1H3/t14-/m1/s1. The first-order valence-electron chi connectivity index (χ1n) is 8.77. The summed E-state index contributed by atoms with van der Waals surface area (Å²) in [6.45, 7) is 3.82. The third-order valence-electron chi connectivity index (χ3n) is 4.24. The van der Waals surface area contributed by atoms with E-state index in [0.717, 1.165) is 0 Å². The number of halogens is 1. The second kappa shape index (κ2) is 8.93. The van der Waals surface area contributed by atoms with E-state index in [1.54, 1.807) is 36.1 Å². The number of nitrogens with one attached hydrogen (secondary N) is 1. The molecular formula is C19H21BrN2O5S. The largest absolute Gasteiger partial charge is 0.481 e. The molecule has 2 aromatic rings. The van der Waals surface area contributed by atoms with Crippen LogP contribution in [0.4, 0.5) is 5.69 Å². The first-order chi connectivity index (χ1) is 13.4. The number of rotatable bonds is 6. The Morgan fingerprint density at radius 3 is 2.43 bits per heavy atom. The molecule has 1 fully saturated rings. The van der Waals surface area contributed by atoms with Crippen LogP contribution < -0.4 is 9.46 Å². The molecule has 0 unspecified atom stereocenters. The molecule has 7 nitrogen and oxygen atoms in total. The number of para-hydroxylation sites is 1. The van der Waals surface area contributed by atoms with Gasteiger partial charge < -0.3 is 14.4 Å². The minimum Gasteiger partial charge on any atom is -0.481 e. The lowest BCUT2D eigenvalue weighted by molar-refractivity contribution is -0.142. The lowest BCUT2D eigenvalue weighted by atomic mass is 10.3. The van der Waals surface area contributed by atoms with Crippen LogP contribution in [0.25, 0.3) is 0 Å². The smallest absolute Gasteiger partial charge is 0.263 e. The van der Waals surface area contributed by atoms with Gasteiger partial charge in [-0.15, -0.1) is 0 Å².